The smallest absolute Gasteiger partial charge is 0.336 e. The maximum absolute atomic E-state index is 12.0. The summed E-state index contributed by atoms with van der Waals surface area (Å²) < 4.78 is 10.4. The highest BCUT2D eigenvalue weighted by molar-refractivity contribution is 5.93. The van der Waals surface area contributed by atoms with E-state index in [0.717, 1.165) is 17.5 Å². The molecule has 0 saturated heterocycles. The van der Waals surface area contributed by atoms with E-state index in [1.807, 2.05) is 49.4 Å². The number of benzene rings is 2. The Morgan fingerprint density at radius 3 is 2.66 bits per heavy atom. The summed E-state index contributed by atoms with van der Waals surface area (Å²) in [4.78, 5) is 35.6. The van der Waals surface area contributed by atoms with E-state index in [2.05, 4.69) is 5.32 Å². The third kappa shape index (κ3) is 5.65. The van der Waals surface area contributed by atoms with Gasteiger partial charge in [-0.2, -0.15) is 0 Å². The normalized spacial score (nSPS) is 10.9. The zero-order valence-corrected chi connectivity index (χ0v) is 16.0. The minimum atomic E-state index is -0.599. The first-order valence-corrected chi connectivity index (χ1v) is 9.27. The number of hydrogen-bond donors (Lipinski definition) is 1. The molecule has 1 heterocycles. The summed E-state index contributed by atoms with van der Waals surface area (Å²) in [5.74, 6) is -0.998. The number of hydrogen-bond acceptors (Lipinski definition) is 5. The van der Waals surface area contributed by atoms with Crippen LogP contribution in [0.15, 0.2) is 69.9 Å². The molecule has 0 atom stereocenters. The van der Waals surface area contributed by atoms with Crippen LogP contribution in [0.4, 0.5) is 0 Å². The fourth-order valence-corrected chi connectivity index (χ4v) is 2.78. The fraction of sp³-hybridized carbons (Fsp3) is 0.174. The van der Waals surface area contributed by atoms with Crippen LogP contribution in [-0.4, -0.2) is 18.4 Å². The zero-order valence-electron chi connectivity index (χ0n) is 16.0. The number of rotatable bonds is 7. The summed E-state index contributed by atoms with van der Waals surface area (Å²) in [6.45, 7) is 1.66. The van der Waals surface area contributed by atoms with Gasteiger partial charge in [0.25, 0.3) is 0 Å². The molecule has 0 radical (unpaired) electrons. The van der Waals surface area contributed by atoms with Crippen molar-refractivity contribution in [3.05, 3.63) is 87.8 Å². The molecule has 0 fully saturated rings. The summed E-state index contributed by atoms with van der Waals surface area (Å²) in [6.07, 6.45) is 3.82. The largest absolute Gasteiger partial charge is 0.459 e. The van der Waals surface area contributed by atoms with Crippen molar-refractivity contribution in [3.8, 4) is 0 Å². The molecule has 0 aliphatic carbocycles. The number of ether oxygens (including phenoxy) is 1. The van der Waals surface area contributed by atoms with E-state index in [0.29, 0.717) is 16.5 Å². The van der Waals surface area contributed by atoms with Crippen molar-refractivity contribution in [3.63, 3.8) is 0 Å². The molecular weight excluding hydrogens is 370 g/mol. The standard InChI is InChI=1S/C23H21NO5/c1-2-16-8-10-19-18(13-22(26)29-20(19)12-16)15-28-23(27)14-24-21(25)11-9-17-6-4-3-5-7-17/h3-13H,2,14-15H2,1H3,(H,24,25)/b11-9+. The van der Waals surface area contributed by atoms with Crippen molar-refractivity contribution in [1.29, 1.82) is 0 Å². The monoisotopic (exact) mass is 391 g/mol. The number of nitrogens with one attached hydrogen (secondary N) is 1. The molecule has 1 N–H and O–H groups in total. The zero-order chi connectivity index (χ0) is 20.6. The van der Waals surface area contributed by atoms with Crippen molar-refractivity contribution in [2.24, 2.45) is 0 Å². The Labute approximate surface area is 167 Å². The molecule has 1 amide bonds. The highest BCUT2D eigenvalue weighted by atomic mass is 16.5. The molecule has 6 heteroatoms. The molecule has 2 aromatic carbocycles. The van der Waals surface area contributed by atoms with E-state index in [1.165, 1.54) is 12.1 Å². The Hall–Kier alpha value is -3.67. The second kappa shape index (κ2) is 9.50. The van der Waals surface area contributed by atoms with Gasteiger partial charge in [0.2, 0.25) is 5.91 Å². The van der Waals surface area contributed by atoms with Gasteiger partial charge in [-0.15, -0.1) is 0 Å². The van der Waals surface area contributed by atoms with E-state index in [4.69, 9.17) is 9.15 Å². The Kier molecular flexibility index (Phi) is 6.58. The van der Waals surface area contributed by atoms with Crippen LogP contribution in [0, 0.1) is 0 Å². The molecule has 0 unspecified atom stereocenters. The minimum absolute atomic E-state index is 0.0812. The maximum Gasteiger partial charge on any atom is 0.336 e. The number of amides is 1. The average Bonchev–Trinajstić information content (AvgIpc) is 2.74. The second-order valence-corrected chi connectivity index (χ2v) is 6.40. The van der Waals surface area contributed by atoms with Gasteiger partial charge in [-0.05, 0) is 29.7 Å². The Balaban J connectivity index is 1.56. The lowest BCUT2D eigenvalue weighted by Gasteiger charge is -2.08. The van der Waals surface area contributed by atoms with Crippen LogP contribution < -0.4 is 10.9 Å². The summed E-state index contributed by atoms with van der Waals surface area (Å²) >= 11 is 0. The number of esters is 1. The highest BCUT2D eigenvalue weighted by Crippen LogP contribution is 2.19. The summed E-state index contributed by atoms with van der Waals surface area (Å²) in [6, 6.07) is 16.2. The van der Waals surface area contributed by atoms with Crippen molar-refractivity contribution in [2.45, 2.75) is 20.0 Å². The van der Waals surface area contributed by atoms with Crippen molar-refractivity contribution >= 4 is 28.9 Å². The molecular formula is C23H21NO5. The number of fused-ring (bicyclic) bond motifs is 1. The lowest BCUT2D eigenvalue weighted by molar-refractivity contribution is -0.144. The maximum atomic E-state index is 12.0. The molecule has 148 valence electrons. The molecule has 0 aliphatic heterocycles. The van der Waals surface area contributed by atoms with Crippen LogP contribution in [0.5, 0.6) is 0 Å². The minimum Gasteiger partial charge on any atom is -0.459 e. The van der Waals surface area contributed by atoms with Gasteiger partial charge in [0.05, 0.1) is 0 Å². The predicted molar refractivity (Wildman–Crippen MR) is 110 cm³/mol. The van der Waals surface area contributed by atoms with Gasteiger partial charge < -0.3 is 14.5 Å². The van der Waals surface area contributed by atoms with Gasteiger partial charge in [0, 0.05) is 23.1 Å². The van der Waals surface area contributed by atoms with Crippen LogP contribution in [0.3, 0.4) is 0 Å². The van der Waals surface area contributed by atoms with Gasteiger partial charge >= 0.3 is 11.6 Å². The van der Waals surface area contributed by atoms with Gasteiger partial charge in [-0.3, -0.25) is 9.59 Å². The molecule has 29 heavy (non-hydrogen) atoms. The molecule has 0 saturated carbocycles. The lowest BCUT2D eigenvalue weighted by Crippen LogP contribution is -2.29. The van der Waals surface area contributed by atoms with E-state index in [-0.39, 0.29) is 13.2 Å². The molecule has 3 rings (SSSR count). The molecule has 0 aliphatic rings. The van der Waals surface area contributed by atoms with Crippen molar-refractivity contribution in [2.75, 3.05) is 6.54 Å². The van der Waals surface area contributed by atoms with Crippen molar-refractivity contribution in [1.82, 2.24) is 5.32 Å². The van der Waals surface area contributed by atoms with E-state index in [9.17, 15) is 14.4 Å². The van der Waals surface area contributed by atoms with Gasteiger partial charge in [-0.25, -0.2) is 4.79 Å². The number of aryl methyl sites for hydroxylation is 1. The third-order valence-corrected chi connectivity index (χ3v) is 4.33. The van der Waals surface area contributed by atoms with E-state index >= 15 is 0 Å². The van der Waals surface area contributed by atoms with Crippen LogP contribution in [0.1, 0.15) is 23.6 Å². The van der Waals surface area contributed by atoms with Crippen LogP contribution in [-0.2, 0) is 27.4 Å². The predicted octanol–water partition coefficient (Wildman–Crippen LogP) is 3.23. The van der Waals surface area contributed by atoms with Crippen LogP contribution in [0.25, 0.3) is 17.0 Å². The molecule has 0 spiro atoms. The highest BCUT2D eigenvalue weighted by Gasteiger charge is 2.10. The molecule has 3 aromatic rings. The van der Waals surface area contributed by atoms with E-state index in [1.54, 1.807) is 12.1 Å². The first kappa shape index (κ1) is 20.1. The summed E-state index contributed by atoms with van der Waals surface area (Å²) in [5, 5.41) is 3.18. The Bertz CT molecular complexity index is 1100. The number of carbonyl (C=O) groups is 2. The van der Waals surface area contributed by atoms with Crippen LogP contribution in [0.2, 0.25) is 0 Å². The first-order valence-electron chi connectivity index (χ1n) is 9.27. The molecule has 0 bridgehead atoms. The second-order valence-electron chi connectivity index (χ2n) is 6.40. The van der Waals surface area contributed by atoms with Gasteiger partial charge in [-0.1, -0.05) is 49.4 Å². The Morgan fingerprint density at radius 2 is 1.90 bits per heavy atom. The number of carbonyl (C=O) groups excluding carboxylic acids is 2. The lowest BCUT2D eigenvalue weighted by atomic mass is 10.1. The van der Waals surface area contributed by atoms with Crippen LogP contribution >= 0.6 is 0 Å². The fourth-order valence-electron chi connectivity index (χ4n) is 2.78. The average molecular weight is 391 g/mol. The Morgan fingerprint density at radius 1 is 1.10 bits per heavy atom. The molecule has 1 aromatic heterocycles. The van der Waals surface area contributed by atoms with Crippen molar-refractivity contribution < 1.29 is 18.7 Å². The SMILES string of the molecule is CCc1ccc2c(COC(=O)CNC(=O)/C=C/c3ccccc3)cc(=O)oc2c1. The summed E-state index contributed by atoms with van der Waals surface area (Å²) in [5.41, 5.74) is 2.44. The quantitative estimate of drug-likeness (QED) is 0.380. The third-order valence-electron chi connectivity index (χ3n) is 4.33. The summed E-state index contributed by atoms with van der Waals surface area (Å²) in [7, 11) is 0. The van der Waals surface area contributed by atoms with E-state index < -0.39 is 17.5 Å². The van der Waals surface area contributed by atoms with Gasteiger partial charge in [0.1, 0.15) is 18.7 Å². The van der Waals surface area contributed by atoms with Gasteiger partial charge in [0.15, 0.2) is 0 Å². The topological polar surface area (TPSA) is 85.6 Å². The molecule has 6 nitrogen and oxygen atoms in total. The first-order chi connectivity index (χ1) is 14.0.